The Hall–Kier alpha value is -1.77. The average molecular weight is 228 g/mol. The van der Waals surface area contributed by atoms with E-state index in [0.29, 0.717) is 5.69 Å². The summed E-state index contributed by atoms with van der Waals surface area (Å²) in [6.07, 6.45) is 2.54. The first-order valence-electron chi connectivity index (χ1n) is 6.07. The first kappa shape index (κ1) is 10.4. The van der Waals surface area contributed by atoms with Crippen molar-refractivity contribution in [1.29, 1.82) is 0 Å². The minimum atomic E-state index is 0.0908. The molecule has 1 aliphatic carbocycles. The van der Waals surface area contributed by atoms with E-state index in [0.717, 1.165) is 23.4 Å². The smallest absolute Gasteiger partial charge is 0.270 e. The Balaban J connectivity index is 1.84. The van der Waals surface area contributed by atoms with Gasteiger partial charge in [-0.25, -0.2) is 0 Å². The number of rotatable bonds is 3. The predicted molar refractivity (Wildman–Crippen MR) is 68.0 cm³/mol. The zero-order valence-electron chi connectivity index (χ0n) is 9.94. The van der Waals surface area contributed by atoms with E-state index in [4.69, 9.17) is 0 Å². The van der Waals surface area contributed by atoms with Gasteiger partial charge in [0, 0.05) is 24.5 Å². The molecule has 1 amide bonds. The van der Waals surface area contributed by atoms with Gasteiger partial charge in [0.05, 0.1) is 0 Å². The number of aromatic nitrogens is 1. The van der Waals surface area contributed by atoms with Crippen LogP contribution in [0.1, 0.15) is 23.3 Å². The molecular formula is C14H16N2O. The van der Waals surface area contributed by atoms with Gasteiger partial charge in [0.15, 0.2) is 0 Å². The van der Waals surface area contributed by atoms with Crippen LogP contribution in [-0.2, 0) is 0 Å². The van der Waals surface area contributed by atoms with Crippen LogP contribution in [0.4, 0.5) is 0 Å². The molecule has 1 fully saturated rings. The molecule has 1 N–H and O–H groups in total. The van der Waals surface area contributed by atoms with Crippen molar-refractivity contribution in [3.8, 4) is 0 Å². The number of carbonyl (C=O) groups excluding carboxylic acids is 1. The van der Waals surface area contributed by atoms with Crippen LogP contribution in [0.25, 0.3) is 10.9 Å². The van der Waals surface area contributed by atoms with Crippen LogP contribution in [0.5, 0.6) is 0 Å². The van der Waals surface area contributed by atoms with Gasteiger partial charge in [0.2, 0.25) is 0 Å². The second-order valence-corrected chi connectivity index (χ2v) is 4.90. The van der Waals surface area contributed by atoms with E-state index in [2.05, 4.69) is 4.98 Å². The number of hydrogen-bond donors (Lipinski definition) is 1. The van der Waals surface area contributed by atoms with Gasteiger partial charge in [-0.15, -0.1) is 0 Å². The van der Waals surface area contributed by atoms with Crippen LogP contribution in [0.15, 0.2) is 30.3 Å². The number of carbonyl (C=O) groups is 1. The minimum absolute atomic E-state index is 0.0908. The van der Waals surface area contributed by atoms with E-state index in [1.165, 1.54) is 12.8 Å². The van der Waals surface area contributed by atoms with Gasteiger partial charge in [-0.2, -0.15) is 0 Å². The lowest BCUT2D eigenvalue weighted by molar-refractivity contribution is 0.0784. The van der Waals surface area contributed by atoms with E-state index in [1.807, 2.05) is 42.3 Å². The first-order chi connectivity index (χ1) is 8.24. The molecule has 1 aromatic carbocycles. The maximum Gasteiger partial charge on any atom is 0.270 e. The Morgan fingerprint density at radius 3 is 2.88 bits per heavy atom. The lowest BCUT2D eigenvalue weighted by Gasteiger charge is -2.15. The molecule has 0 radical (unpaired) electrons. The molecule has 0 bridgehead atoms. The molecule has 1 aliphatic rings. The third-order valence-electron chi connectivity index (χ3n) is 3.34. The fourth-order valence-electron chi connectivity index (χ4n) is 2.16. The summed E-state index contributed by atoms with van der Waals surface area (Å²) in [7, 11) is 1.88. The van der Waals surface area contributed by atoms with Crippen molar-refractivity contribution in [2.45, 2.75) is 12.8 Å². The maximum atomic E-state index is 12.2. The SMILES string of the molecule is CN(CC1CC1)C(=O)c1cc2ccccc2[nH]1. The zero-order chi connectivity index (χ0) is 11.8. The Bertz CT molecular complexity index is 521. The molecule has 3 rings (SSSR count). The third kappa shape index (κ3) is 2.05. The van der Waals surface area contributed by atoms with E-state index in [-0.39, 0.29) is 5.91 Å². The number of nitrogens with one attached hydrogen (secondary N) is 1. The highest BCUT2D eigenvalue weighted by Crippen LogP contribution is 2.29. The molecule has 0 unspecified atom stereocenters. The summed E-state index contributed by atoms with van der Waals surface area (Å²) in [5, 5.41) is 1.09. The van der Waals surface area contributed by atoms with Crippen molar-refractivity contribution in [2.24, 2.45) is 5.92 Å². The minimum Gasteiger partial charge on any atom is -0.351 e. The lowest BCUT2D eigenvalue weighted by Crippen LogP contribution is -2.28. The second kappa shape index (κ2) is 3.91. The molecule has 0 atom stereocenters. The Morgan fingerprint density at radius 1 is 1.41 bits per heavy atom. The number of amides is 1. The van der Waals surface area contributed by atoms with Gasteiger partial charge in [0.25, 0.3) is 5.91 Å². The molecule has 0 saturated heterocycles. The van der Waals surface area contributed by atoms with Crippen LogP contribution in [0.2, 0.25) is 0 Å². The highest BCUT2D eigenvalue weighted by molar-refractivity contribution is 5.97. The number of fused-ring (bicyclic) bond motifs is 1. The van der Waals surface area contributed by atoms with E-state index >= 15 is 0 Å². The van der Waals surface area contributed by atoms with Crippen molar-refractivity contribution >= 4 is 16.8 Å². The molecule has 3 nitrogen and oxygen atoms in total. The largest absolute Gasteiger partial charge is 0.351 e. The first-order valence-corrected chi connectivity index (χ1v) is 6.07. The molecule has 1 heterocycles. The van der Waals surface area contributed by atoms with Gasteiger partial charge in [-0.1, -0.05) is 18.2 Å². The van der Waals surface area contributed by atoms with Crippen LogP contribution in [-0.4, -0.2) is 29.4 Å². The van der Waals surface area contributed by atoms with Crippen LogP contribution < -0.4 is 0 Å². The molecule has 1 aromatic heterocycles. The fraction of sp³-hybridized carbons (Fsp3) is 0.357. The highest BCUT2D eigenvalue weighted by Gasteiger charge is 2.25. The predicted octanol–water partition coefficient (Wildman–Crippen LogP) is 2.65. The van der Waals surface area contributed by atoms with Crippen molar-refractivity contribution in [1.82, 2.24) is 9.88 Å². The van der Waals surface area contributed by atoms with Gasteiger partial charge in [0.1, 0.15) is 5.69 Å². The van der Waals surface area contributed by atoms with E-state index in [9.17, 15) is 4.79 Å². The van der Waals surface area contributed by atoms with Gasteiger partial charge < -0.3 is 9.88 Å². The fourth-order valence-corrected chi connectivity index (χ4v) is 2.16. The van der Waals surface area contributed by atoms with E-state index < -0.39 is 0 Å². The summed E-state index contributed by atoms with van der Waals surface area (Å²) < 4.78 is 0. The van der Waals surface area contributed by atoms with Crippen molar-refractivity contribution < 1.29 is 4.79 Å². The Labute approximate surface area is 100 Å². The summed E-state index contributed by atoms with van der Waals surface area (Å²) >= 11 is 0. The number of hydrogen-bond acceptors (Lipinski definition) is 1. The summed E-state index contributed by atoms with van der Waals surface area (Å²) in [4.78, 5) is 17.2. The summed E-state index contributed by atoms with van der Waals surface area (Å²) in [6.45, 7) is 0.883. The third-order valence-corrected chi connectivity index (χ3v) is 3.34. The summed E-state index contributed by atoms with van der Waals surface area (Å²) in [6, 6.07) is 9.90. The van der Waals surface area contributed by atoms with Crippen LogP contribution in [0.3, 0.4) is 0 Å². The number of aromatic amines is 1. The Morgan fingerprint density at radius 2 is 2.18 bits per heavy atom. The van der Waals surface area contributed by atoms with E-state index in [1.54, 1.807) is 0 Å². The Kier molecular flexibility index (Phi) is 2.39. The zero-order valence-corrected chi connectivity index (χ0v) is 9.94. The van der Waals surface area contributed by atoms with Crippen molar-refractivity contribution in [3.05, 3.63) is 36.0 Å². The molecule has 3 heteroatoms. The van der Waals surface area contributed by atoms with Crippen LogP contribution >= 0.6 is 0 Å². The highest BCUT2D eigenvalue weighted by atomic mass is 16.2. The normalized spacial score (nSPS) is 15.1. The molecule has 1 saturated carbocycles. The van der Waals surface area contributed by atoms with Crippen molar-refractivity contribution in [2.75, 3.05) is 13.6 Å². The molecule has 0 spiro atoms. The molecule has 17 heavy (non-hydrogen) atoms. The second-order valence-electron chi connectivity index (χ2n) is 4.90. The number of nitrogens with zero attached hydrogens (tertiary/aromatic N) is 1. The van der Waals surface area contributed by atoms with Crippen molar-refractivity contribution in [3.63, 3.8) is 0 Å². The summed E-state index contributed by atoms with van der Waals surface area (Å²) in [5.74, 6) is 0.821. The van der Waals surface area contributed by atoms with Crippen LogP contribution in [0, 0.1) is 5.92 Å². The molecule has 88 valence electrons. The molecule has 0 aliphatic heterocycles. The maximum absolute atomic E-state index is 12.2. The number of benzene rings is 1. The molecular weight excluding hydrogens is 212 g/mol. The number of H-pyrrole nitrogens is 1. The lowest BCUT2D eigenvalue weighted by atomic mass is 10.2. The molecule has 2 aromatic rings. The van der Waals surface area contributed by atoms with Gasteiger partial charge in [-0.05, 0) is 30.9 Å². The monoisotopic (exact) mass is 228 g/mol. The quantitative estimate of drug-likeness (QED) is 0.861. The van der Waals surface area contributed by atoms with Gasteiger partial charge in [-0.3, -0.25) is 4.79 Å². The van der Waals surface area contributed by atoms with Gasteiger partial charge >= 0.3 is 0 Å². The standard InChI is InChI=1S/C14H16N2O/c1-16(9-10-6-7-10)14(17)13-8-11-4-2-3-5-12(11)15-13/h2-5,8,10,15H,6-7,9H2,1H3. The summed E-state index contributed by atoms with van der Waals surface area (Å²) in [5.41, 5.74) is 1.71. The number of para-hydroxylation sites is 1. The topological polar surface area (TPSA) is 36.1 Å². The average Bonchev–Trinajstić information content (AvgIpc) is 3.04.